The summed E-state index contributed by atoms with van der Waals surface area (Å²) in [4.78, 5) is 18.1. The van der Waals surface area contributed by atoms with Crippen molar-refractivity contribution in [3.63, 3.8) is 0 Å². The Morgan fingerprint density at radius 2 is 2.08 bits per heavy atom. The Balaban J connectivity index is 1.86. The number of H-pyrrole nitrogens is 1. The third-order valence-corrected chi connectivity index (χ3v) is 3.57. The highest BCUT2D eigenvalue weighted by Crippen LogP contribution is 2.21. The van der Waals surface area contributed by atoms with Gasteiger partial charge in [-0.25, -0.2) is 9.78 Å². The number of nitriles is 1. The summed E-state index contributed by atoms with van der Waals surface area (Å²) >= 11 is 0. The molecule has 0 aliphatic carbocycles. The highest BCUT2D eigenvalue weighted by atomic mass is 16.5. The van der Waals surface area contributed by atoms with E-state index < -0.39 is 12.6 Å². The van der Waals surface area contributed by atoms with E-state index >= 15 is 0 Å². The van der Waals surface area contributed by atoms with E-state index in [2.05, 4.69) is 16.0 Å². The number of aryl methyl sites for hydroxylation is 1. The molecule has 25 heavy (non-hydrogen) atoms. The number of hydrogen-bond acceptors (Lipinski definition) is 4. The molecule has 0 spiro atoms. The van der Waals surface area contributed by atoms with Gasteiger partial charge in [-0.15, -0.1) is 0 Å². The predicted octanol–water partition coefficient (Wildman–Crippen LogP) is 3.40. The van der Waals surface area contributed by atoms with Crippen LogP contribution in [-0.4, -0.2) is 27.7 Å². The molecular weight excluding hydrogens is 318 g/mol. The number of ether oxygens (including phenoxy) is 1. The van der Waals surface area contributed by atoms with Crippen LogP contribution in [0.4, 0.5) is 0 Å². The molecule has 2 N–H and O–H groups in total. The van der Waals surface area contributed by atoms with Gasteiger partial charge in [-0.2, -0.15) is 5.26 Å². The van der Waals surface area contributed by atoms with Crippen LogP contribution in [0.3, 0.4) is 0 Å². The molecule has 2 aromatic carbocycles. The summed E-state index contributed by atoms with van der Waals surface area (Å²) in [6.07, 6.45) is 1.71. The normalized spacial score (nSPS) is 11.3. The zero-order chi connectivity index (χ0) is 17.8. The van der Waals surface area contributed by atoms with Crippen LogP contribution >= 0.6 is 0 Å². The molecule has 0 saturated heterocycles. The molecule has 0 radical (unpaired) electrons. The van der Waals surface area contributed by atoms with Crippen LogP contribution in [0, 0.1) is 18.3 Å². The standard InChI is InChI=1S/C19H15N3O3/c1-12-2-7-16-17(8-12)22-19(21-16)14(10-20)9-13-3-5-15(6-4-13)25-11-18(23)24/h2-9H,11H2,1H3,(H,21,22)(H,23,24)/b14-9-. The van der Waals surface area contributed by atoms with Crippen molar-refractivity contribution in [1.29, 1.82) is 5.26 Å². The number of aliphatic carboxylic acids is 1. The molecule has 0 amide bonds. The molecule has 0 atom stereocenters. The number of carboxylic acids is 1. The van der Waals surface area contributed by atoms with E-state index in [-0.39, 0.29) is 0 Å². The smallest absolute Gasteiger partial charge is 0.341 e. The Morgan fingerprint density at radius 1 is 1.32 bits per heavy atom. The lowest BCUT2D eigenvalue weighted by Crippen LogP contribution is -2.09. The fourth-order valence-corrected chi connectivity index (χ4v) is 2.38. The lowest BCUT2D eigenvalue weighted by atomic mass is 10.1. The third-order valence-electron chi connectivity index (χ3n) is 3.57. The molecule has 6 nitrogen and oxygen atoms in total. The molecule has 0 aliphatic rings. The molecule has 1 aromatic heterocycles. The van der Waals surface area contributed by atoms with Gasteiger partial charge in [0.1, 0.15) is 17.6 Å². The van der Waals surface area contributed by atoms with Crippen LogP contribution in [0.5, 0.6) is 5.75 Å². The molecule has 1 heterocycles. The minimum Gasteiger partial charge on any atom is -0.482 e. The van der Waals surface area contributed by atoms with Crippen LogP contribution in [0.15, 0.2) is 42.5 Å². The number of hydrogen-bond donors (Lipinski definition) is 2. The minimum absolute atomic E-state index is 0.392. The Kier molecular flexibility index (Phi) is 4.48. The highest BCUT2D eigenvalue weighted by Gasteiger charge is 2.08. The lowest BCUT2D eigenvalue weighted by Gasteiger charge is -2.03. The first kappa shape index (κ1) is 16.3. The maximum Gasteiger partial charge on any atom is 0.341 e. The lowest BCUT2D eigenvalue weighted by molar-refractivity contribution is -0.139. The Morgan fingerprint density at radius 3 is 2.76 bits per heavy atom. The van der Waals surface area contributed by atoms with Crippen molar-refractivity contribution >= 4 is 28.7 Å². The van der Waals surface area contributed by atoms with E-state index in [4.69, 9.17) is 9.84 Å². The first-order valence-corrected chi connectivity index (χ1v) is 7.58. The number of nitrogens with one attached hydrogen (secondary N) is 1. The summed E-state index contributed by atoms with van der Waals surface area (Å²) in [5.41, 5.74) is 4.00. The van der Waals surface area contributed by atoms with Crippen molar-refractivity contribution in [2.75, 3.05) is 6.61 Å². The monoisotopic (exact) mass is 333 g/mol. The van der Waals surface area contributed by atoms with Gasteiger partial charge >= 0.3 is 5.97 Å². The number of fused-ring (bicyclic) bond motifs is 1. The average Bonchev–Trinajstić information content (AvgIpc) is 3.01. The van der Waals surface area contributed by atoms with Crippen LogP contribution in [0.2, 0.25) is 0 Å². The topological polar surface area (TPSA) is 99.0 Å². The van der Waals surface area contributed by atoms with E-state index in [1.54, 1.807) is 30.3 Å². The minimum atomic E-state index is -1.03. The van der Waals surface area contributed by atoms with Gasteiger partial charge < -0.3 is 14.8 Å². The van der Waals surface area contributed by atoms with Gasteiger partial charge in [0.25, 0.3) is 0 Å². The number of carboxylic acid groups (broad SMARTS) is 1. The molecule has 0 fully saturated rings. The second kappa shape index (κ2) is 6.89. The summed E-state index contributed by atoms with van der Waals surface area (Å²) in [6, 6.07) is 14.8. The van der Waals surface area contributed by atoms with E-state index in [1.807, 2.05) is 25.1 Å². The van der Waals surface area contributed by atoms with Crippen LogP contribution in [0.1, 0.15) is 17.0 Å². The number of aromatic amines is 1. The van der Waals surface area contributed by atoms with Crippen molar-refractivity contribution in [2.45, 2.75) is 6.92 Å². The van der Waals surface area contributed by atoms with E-state index in [1.165, 1.54) is 0 Å². The van der Waals surface area contributed by atoms with Crippen LogP contribution in [0.25, 0.3) is 22.7 Å². The van der Waals surface area contributed by atoms with Crippen molar-refractivity contribution in [2.24, 2.45) is 0 Å². The second-order valence-corrected chi connectivity index (χ2v) is 5.53. The first-order valence-electron chi connectivity index (χ1n) is 7.58. The molecule has 3 rings (SSSR count). The molecule has 6 heteroatoms. The molecule has 0 saturated carbocycles. The van der Waals surface area contributed by atoms with Gasteiger partial charge in [0, 0.05) is 0 Å². The van der Waals surface area contributed by atoms with Crippen LogP contribution < -0.4 is 4.74 Å². The quantitative estimate of drug-likeness (QED) is 0.697. The summed E-state index contributed by atoms with van der Waals surface area (Å²) in [6.45, 7) is 1.60. The average molecular weight is 333 g/mol. The fourth-order valence-electron chi connectivity index (χ4n) is 2.38. The van der Waals surface area contributed by atoms with Gasteiger partial charge in [0.2, 0.25) is 0 Å². The van der Waals surface area contributed by atoms with E-state index in [0.717, 1.165) is 22.2 Å². The summed E-state index contributed by atoms with van der Waals surface area (Å²) < 4.78 is 5.09. The number of allylic oxidation sites excluding steroid dienone is 1. The molecule has 0 bridgehead atoms. The Hall–Kier alpha value is -3.59. The maximum atomic E-state index is 10.5. The zero-order valence-electron chi connectivity index (χ0n) is 13.5. The van der Waals surface area contributed by atoms with Crippen molar-refractivity contribution in [3.8, 4) is 11.8 Å². The first-order chi connectivity index (χ1) is 12.0. The molecule has 3 aromatic rings. The van der Waals surface area contributed by atoms with Crippen molar-refractivity contribution in [3.05, 3.63) is 59.4 Å². The van der Waals surface area contributed by atoms with Crippen molar-refractivity contribution in [1.82, 2.24) is 9.97 Å². The van der Waals surface area contributed by atoms with Crippen LogP contribution in [-0.2, 0) is 4.79 Å². The molecule has 0 unspecified atom stereocenters. The highest BCUT2D eigenvalue weighted by molar-refractivity contribution is 5.90. The number of nitrogens with zero attached hydrogens (tertiary/aromatic N) is 2. The number of aromatic nitrogens is 2. The van der Waals surface area contributed by atoms with Gasteiger partial charge in [-0.3, -0.25) is 0 Å². The number of carbonyl (C=O) groups is 1. The fraction of sp³-hybridized carbons (Fsp3) is 0.105. The third kappa shape index (κ3) is 3.85. The predicted molar refractivity (Wildman–Crippen MR) is 93.9 cm³/mol. The van der Waals surface area contributed by atoms with Gasteiger partial charge in [0.05, 0.1) is 16.6 Å². The molecular formula is C19H15N3O3. The SMILES string of the molecule is Cc1ccc2nc(/C(C#N)=C\c3ccc(OCC(=O)O)cc3)[nH]c2c1. The van der Waals surface area contributed by atoms with Crippen molar-refractivity contribution < 1.29 is 14.6 Å². The van der Waals surface area contributed by atoms with Gasteiger partial charge in [-0.05, 0) is 48.4 Å². The van der Waals surface area contributed by atoms with Gasteiger partial charge in [0.15, 0.2) is 6.61 Å². The van der Waals surface area contributed by atoms with E-state index in [0.29, 0.717) is 17.1 Å². The zero-order valence-corrected chi connectivity index (χ0v) is 13.5. The largest absolute Gasteiger partial charge is 0.482 e. The molecule has 0 aliphatic heterocycles. The number of benzene rings is 2. The maximum absolute atomic E-state index is 10.5. The Bertz CT molecular complexity index is 995. The summed E-state index contributed by atoms with van der Waals surface area (Å²) in [7, 11) is 0. The van der Waals surface area contributed by atoms with Gasteiger partial charge in [-0.1, -0.05) is 18.2 Å². The summed E-state index contributed by atoms with van der Waals surface area (Å²) in [5, 5.41) is 18.1. The number of imidazole rings is 1. The summed E-state index contributed by atoms with van der Waals surface area (Å²) in [5.74, 6) is -0.0672. The molecule has 124 valence electrons. The second-order valence-electron chi connectivity index (χ2n) is 5.53. The van der Waals surface area contributed by atoms with E-state index in [9.17, 15) is 10.1 Å². The number of rotatable bonds is 5. The Labute approximate surface area is 144 Å².